The molecule has 0 spiro atoms. The Bertz CT molecular complexity index is 594. The van der Waals surface area contributed by atoms with Crippen molar-refractivity contribution in [3.05, 3.63) is 29.8 Å². The lowest BCUT2D eigenvalue weighted by Crippen LogP contribution is -2.45. The zero-order chi connectivity index (χ0) is 14.9. The SMILES string of the molecule is Cc1cccc(S(=O)(=O)N2CCCC(C3CCCN3)C2)c1. The van der Waals surface area contributed by atoms with Gasteiger partial charge in [-0.1, -0.05) is 12.1 Å². The van der Waals surface area contributed by atoms with Crippen LogP contribution in [-0.2, 0) is 10.0 Å². The van der Waals surface area contributed by atoms with Gasteiger partial charge in [0.2, 0.25) is 10.0 Å². The third-order valence-electron chi connectivity index (χ3n) is 4.72. The molecule has 5 heteroatoms. The fourth-order valence-corrected chi connectivity index (χ4v) is 5.20. The van der Waals surface area contributed by atoms with Crippen LogP contribution in [0, 0.1) is 12.8 Å². The minimum atomic E-state index is -3.34. The molecule has 0 aliphatic carbocycles. The summed E-state index contributed by atoms with van der Waals surface area (Å²) in [5.41, 5.74) is 0.988. The molecule has 1 aromatic carbocycles. The highest BCUT2D eigenvalue weighted by Gasteiger charge is 2.34. The van der Waals surface area contributed by atoms with E-state index in [9.17, 15) is 8.42 Å². The molecule has 2 aliphatic heterocycles. The maximum absolute atomic E-state index is 12.8. The largest absolute Gasteiger partial charge is 0.314 e. The fraction of sp³-hybridized carbons (Fsp3) is 0.625. The summed E-state index contributed by atoms with van der Waals surface area (Å²) in [4.78, 5) is 0.433. The summed E-state index contributed by atoms with van der Waals surface area (Å²) in [6, 6.07) is 7.73. The Morgan fingerprint density at radius 3 is 2.81 bits per heavy atom. The molecule has 2 unspecified atom stereocenters. The van der Waals surface area contributed by atoms with Crippen molar-refractivity contribution < 1.29 is 8.42 Å². The average Bonchev–Trinajstić information content (AvgIpc) is 3.02. The van der Waals surface area contributed by atoms with Crippen molar-refractivity contribution in [2.45, 2.75) is 43.5 Å². The van der Waals surface area contributed by atoms with Gasteiger partial charge in [0.05, 0.1) is 4.90 Å². The number of piperidine rings is 1. The van der Waals surface area contributed by atoms with Crippen LogP contribution in [0.3, 0.4) is 0 Å². The molecule has 3 rings (SSSR count). The van der Waals surface area contributed by atoms with E-state index in [-0.39, 0.29) is 0 Å². The van der Waals surface area contributed by atoms with Gasteiger partial charge in [-0.05, 0) is 62.8 Å². The van der Waals surface area contributed by atoms with Gasteiger partial charge in [-0.3, -0.25) is 0 Å². The Balaban J connectivity index is 1.78. The number of sulfonamides is 1. The van der Waals surface area contributed by atoms with Crippen molar-refractivity contribution in [1.29, 1.82) is 0 Å². The third kappa shape index (κ3) is 3.15. The van der Waals surface area contributed by atoms with Gasteiger partial charge < -0.3 is 5.32 Å². The molecule has 0 amide bonds. The number of benzene rings is 1. The zero-order valence-corrected chi connectivity index (χ0v) is 13.4. The highest BCUT2D eigenvalue weighted by atomic mass is 32.2. The van der Waals surface area contributed by atoms with Crippen LogP contribution in [0.2, 0.25) is 0 Å². The summed E-state index contributed by atoms with van der Waals surface area (Å²) in [5, 5.41) is 3.53. The van der Waals surface area contributed by atoms with E-state index in [1.807, 2.05) is 19.1 Å². The second-order valence-electron chi connectivity index (χ2n) is 6.28. The molecular weight excluding hydrogens is 284 g/mol. The van der Waals surface area contributed by atoms with Gasteiger partial charge in [0, 0.05) is 19.1 Å². The number of nitrogens with one attached hydrogen (secondary N) is 1. The summed E-state index contributed by atoms with van der Waals surface area (Å²) in [6.07, 6.45) is 4.50. The van der Waals surface area contributed by atoms with Gasteiger partial charge >= 0.3 is 0 Å². The van der Waals surface area contributed by atoms with Crippen molar-refractivity contribution in [2.24, 2.45) is 5.92 Å². The standard InChI is InChI=1S/C16H24N2O2S/c1-13-5-2-7-15(11-13)21(19,20)18-10-4-6-14(12-18)16-8-3-9-17-16/h2,5,7,11,14,16-17H,3-4,6,8-10,12H2,1H3. The Hall–Kier alpha value is -0.910. The van der Waals surface area contributed by atoms with Gasteiger partial charge in [0.25, 0.3) is 0 Å². The molecule has 116 valence electrons. The minimum absolute atomic E-state index is 0.433. The van der Waals surface area contributed by atoms with Crippen LogP contribution >= 0.6 is 0 Å². The molecule has 2 heterocycles. The lowest BCUT2D eigenvalue weighted by Gasteiger charge is -2.35. The van der Waals surface area contributed by atoms with Crippen LogP contribution in [0.1, 0.15) is 31.2 Å². The van der Waals surface area contributed by atoms with Crippen molar-refractivity contribution in [1.82, 2.24) is 9.62 Å². The first-order valence-corrected chi connectivity index (χ1v) is 9.31. The summed E-state index contributed by atoms with van der Waals surface area (Å²) >= 11 is 0. The topological polar surface area (TPSA) is 49.4 Å². The van der Waals surface area contributed by atoms with E-state index in [4.69, 9.17) is 0 Å². The molecule has 0 radical (unpaired) electrons. The molecule has 1 N–H and O–H groups in total. The van der Waals surface area contributed by atoms with Gasteiger partial charge in [-0.2, -0.15) is 4.31 Å². The van der Waals surface area contributed by atoms with Gasteiger partial charge in [-0.25, -0.2) is 8.42 Å². The molecular formula is C16H24N2O2S. The Labute approximate surface area is 127 Å². The molecule has 1 aromatic rings. The molecule has 0 aromatic heterocycles. The summed E-state index contributed by atoms with van der Waals surface area (Å²) in [6.45, 7) is 4.32. The first-order valence-electron chi connectivity index (χ1n) is 7.87. The van der Waals surface area contributed by atoms with E-state index in [0.29, 0.717) is 29.9 Å². The Morgan fingerprint density at radius 2 is 2.10 bits per heavy atom. The van der Waals surface area contributed by atoms with E-state index in [2.05, 4.69) is 5.32 Å². The summed E-state index contributed by atoms with van der Waals surface area (Å²) in [7, 11) is -3.34. The number of hydrogen-bond donors (Lipinski definition) is 1. The van der Waals surface area contributed by atoms with Crippen molar-refractivity contribution in [3.63, 3.8) is 0 Å². The van der Waals surface area contributed by atoms with Gasteiger partial charge in [0.1, 0.15) is 0 Å². The van der Waals surface area contributed by atoms with Crippen LogP contribution in [-0.4, -0.2) is 38.4 Å². The summed E-state index contributed by atoms with van der Waals surface area (Å²) in [5.74, 6) is 0.459. The van der Waals surface area contributed by atoms with Crippen LogP contribution in [0.15, 0.2) is 29.2 Å². The number of hydrogen-bond acceptors (Lipinski definition) is 3. The number of rotatable bonds is 3. The van der Waals surface area contributed by atoms with E-state index >= 15 is 0 Å². The van der Waals surface area contributed by atoms with Crippen molar-refractivity contribution in [2.75, 3.05) is 19.6 Å². The molecule has 4 nitrogen and oxygen atoms in total. The van der Waals surface area contributed by atoms with Crippen LogP contribution in [0.4, 0.5) is 0 Å². The summed E-state index contributed by atoms with van der Waals surface area (Å²) < 4.78 is 27.3. The predicted octanol–water partition coefficient (Wildman–Crippen LogP) is 2.15. The Kier molecular flexibility index (Phi) is 4.33. The van der Waals surface area contributed by atoms with E-state index in [1.54, 1.807) is 16.4 Å². The van der Waals surface area contributed by atoms with E-state index < -0.39 is 10.0 Å². The third-order valence-corrected chi connectivity index (χ3v) is 6.58. The highest BCUT2D eigenvalue weighted by Crippen LogP contribution is 2.28. The van der Waals surface area contributed by atoms with Gasteiger partial charge in [-0.15, -0.1) is 0 Å². The highest BCUT2D eigenvalue weighted by molar-refractivity contribution is 7.89. The van der Waals surface area contributed by atoms with Crippen molar-refractivity contribution in [3.8, 4) is 0 Å². The lowest BCUT2D eigenvalue weighted by atomic mass is 9.91. The molecule has 0 bridgehead atoms. The molecule has 0 saturated carbocycles. The molecule has 21 heavy (non-hydrogen) atoms. The molecule has 2 saturated heterocycles. The second-order valence-corrected chi connectivity index (χ2v) is 8.22. The minimum Gasteiger partial charge on any atom is -0.314 e. The normalized spacial score (nSPS) is 27.9. The maximum Gasteiger partial charge on any atom is 0.243 e. The molecule has 2 aliphatic rings. The smallest absolute Gasteiger partial charge is 0.243 e. The predicted molar refractivity (Wildman–Crippen MR) is 83.7 cm³/mol. The monoisotopic (exact) mass is 308 g/mol. The van der Waals surface area contributed by atoms with Crippen molar-refractivity contribution >= 4 is 10.0 Å². The molecule has 2 fully saturated rings. The molecule has 2 atom stereocenters. The second kappa shape index (κ2) is 6.07. The maximum atomic E-state index is 12.8. The average molecular weight is 308 g/mol. The first kappa shape index (κ1) is 15.0. The lowest BCUT2D eigenvalue weighted by molar-refractivity contribution is 0.226. The van der Waals surface area contributed by atoms with E-state index in [1.165, 1.54) is 12.8 Å². The number of nitrogens with zero attached hydrogens (tertiary/aromatic N) is 1. The van der Waals surface area contributed by atoms with Crippen LogP contribution < -0.4 is 5.32 Å². The fourth-order valence-electron chi connectivity index (χ4n) is 3.56. The first-order chi connectivity index (χ1) is 10.1. The number of aryl methyl sites for hydroxylation is 1. The van der Waals surface area contributed by atoms with Gasteiger partial charge in [0.15, 0.2) is 0 Å². The Morgan fingerprint density at radius 1 is 1.24 bits per heavy atom. The van der Waals surface area contributed by atoms with E-state index in [0.717, 1.165) is 24.9 Å². The zero-order valence-electron chi connectivity index (χ0n) is 12.6. The quantitative estimate of drug-likeness (QED) is 0.931. The van der Waals surface area contributed by atoms with Crippen LogP contribution in [0.25, 0.3) is 0 Å². The van der Waals surface area contributed by atoms with Crippen LogP contribution in [0.5, 0.6) is 0 Å².